The van der Waals surface area contributed by atoms with E-state index in [9.17, 15) is 9.59 Å². The highest BCUT2D eigenvalue weighted by Crippen LogP contribution is 2.22. The largest absolute Gasteiger partial charge is 0.484 e. The monoisotopic (exact) mass is 536 g/mol. The van der Waals surface area contributed by atoms with E-state index < -0.39 is 6.04 Å². The lowest BCUT2D eigenvalue weighted by Gasteiger charge is -2.32. The fraction of sp³-hybridized carbons (Fsp3) is 0.310. The summed E-state index contributed by atoms with van der Waals surface area (Å²) in [6.07, 6.45) is 0.411. The first kappa shape index (κ1) is 26.5. The number of carbonyl (C=O) groups excluding carboxylic acids is 2. The zero-order chi connectivity index (χ0) is 25.4. The Morgan fingerprint density at radius 1 is 0.943 bits per heavy atom. The van der Waals surface area contributed by atoms with Crippen LogP contribution in [0.4, 0.5) is 0 Å². The molecule has 0 bridgehead atoms. The summed E-state index contributed by atoms with van der Waals surface area (Å²) in [7, 11) is 0. The van der Waals surface area contributed by atoms with Gasteiger partial charge in [-0.25, -0.2) is 0 Å². The van der Waals surface area contributed by atoms with Gasteiger partial charge in [-0.15, -0.1) is 0 Å². The molecular weight excluding hydrogens is 504 g/mol. The number of ether oxygens (including phenoxy) is 1. The standard InChI is InChI=1S/C29H33BrN2O3/c1-20(2)31-29(34)27(17-23-10-6-5-7-11-23)32(18-24-12-8-9-21(3)15-24)28(33)19-35-25-13-14-26(30)22(4)16-25/h5-16,20,27H,17-19H2,1-4H3,(H,31,34)/t27-/m1/s1. The quantitative estimate of drug-likeness (QED) is 0.366. The topological polar surface area (TPSA) is 58.6 Å². The first-order chi connectivity index (χ1) is 16.7. The molecule has 3 rings (SSSR count). The Labute approximate surface area is 216 Å². The lowest BCUT2D eigenvalue weighted by molar-refractivity contribution is -0.143. The Kier molecular flexibility index (Phi) is 9.49. The predicted octanol–water partition coefficient (Wildman–Crippen LogP) is 5.61. The van der Waals surface area contributed by atoms with Gasteiger partial charge < -0.3 is 15.0 Å². The molecule has 0 aliphatic heterocycles. The van der Waals surface area contributed by atoms with Crippen LogP contribution in [-0.4, -0.2) is 35.4 Å². The Bertz CT molecular complexity index is 1150. The van der Waals surface area contributed by atoms with Gasteiger partial charge >= 0.3 is 0 Å². The van der Waals surface area contributed by atoms with Crippen molar-refractivity contribution in [3.8, 4) is 5.75 Å². The van der Waals surface area contributed by atoms with Gasteiger partial charge in [-0.05, 0) is 62.6 Å². The normalized spacial score (nSPS) is 11.7. The molecule has 0 unspecified atom stereocenters. The van der Waals surface area contributed by atoms with Crippen LogP contribution in [-0.2, 0) is 22.6 Å². The molecule has 1 N–H and O–H groups in total. The minimum Gasteiger partial charge on any atom is -0.484 e. The number of carbonyl (C=O) groups is 2. The zero-order valence-corrected chi connectivity index (χ0v) is 22.3. The molecule has 3 aromatic carbocycles. The number of halogens is 1. The summed E-state index contributed by atoms with van der Waals surface area (Å²) in [6, 6.07) is 22.7. The van der Waals surface area contributed by atoms with Gasteiger partial charge in [-0.3, -0.25) is 9.59 Å². The van der Waals surface area contributed by atoms with E-state index >= 15 is 0 Å². The number of benzene rings is 3. The van der Waals surface area contributed by atoms with Crippen LogP contribution in [0.25, 0.3) is 0 Å². The summed E-state index contributed by atoms with van der Waals surface area (Å²) >= 11 is 3.49. The maximum absolute atomic E-state index is 13.6. The Balaban J connectivity index is 1.91. The van der Waals surface area contributed by atoms with Crippen molar-refractivity contribution >= 4 is 27.7 Å². The van der Waals surface area contributed by atoms with Crippen molar-refractivity contribution in [1.82, 2.24) is 10.2 Å². The van der Waals surface area contributed by atoms with Crippen LogP contribution in [0.3, 0.4) is 0 Å². The number of hydrogen-bond acceptors (Lipinski definition) is 3. The highest BCUT2D eigenvalue weighted by molar-refractivity contribution is 9.10. The van der Waals surface area contributed by atoms with Crippen molar-refractivity contribution in [1.29, 1.82) is 0 Å². The molecule has 1 atom stereocenters. The minimum absolute atomic E-state index is 0.0429. The van der Waals surface area contributed by atoms with Gasteiger partial charge in [0.1, 0.15) is 11.8 Å². The van der Waals surface area contributed by atoms with Gasteiger partial charge in [0.2, 0.25) is 5.91 Å². The van der Waals surface area contributed by atoms with E-state index in [1.165, 1.54) is 0 Å². The number of aryl methyl sites for hydroxylation is 2. The van der Waals surface area contributed by atoms with Crippen LogP contribution in [0.2, 0.25) is 0 Å². The lowest BCUT2D eigenvalue weighted by atomic mass is 10.0. The van der Waals surface area contributed by atoms with E-state index in [1.807, 2.05) is 100 Å². The van der Waals surface area contributed by atoms with E-state index in [2.05, 4.69) is 21.2 Å². The van der Waals surface area contributed by atoms with Crippen molar-refractivity contribution in [2.45, 2.75) is 52.7 Å². The highest BCUT2D eigenvalue weighted by atomic mass is 79.9. The fourth-order valence-corrected chi connectivity index (χ4v) is 4.12. The Hall–Kier alpha value is -3.12. The Morgan fingerprint density at radius 2 is 1.66 bits per heavy atom. The molecule has 0 radical (unpaired) electrons. The second-order valence-corrected chi connectivity index (χ2v) is 9.93. The number of nitrogens with zero attached hydrogens (tertiary/aromatic N) is 1. The molecular formula is C29H33BrN2O3. The second kappa shape index (κ2) is 12.5. The van der Waals surface area contributed by atoms with Gasteiger partial charge in [0.25, 0.3) is 5.91 Å². The minimum atomic E-state index is -0.678. The van der Waals surface area contributed by atoms with E-state index in [0.717, 1.165) is 26.7 Å². The van der Waals surface area contributed by atoms with Crippen LogP contribution in [0.5, 0.6) is 5.75 Å². The van der Waals surface area contributed by atoms with Gasteiger partial charge in [0.05, 0.1) is 0 Å². The molecule has 0 aromatic heterocycles. The highest BCUT2D eigenvalue weighted by Gasteiger charge is 2.31. The molecule has 5 nitrogen and oxygen atoms in total. The van der Waals surface area contributed by atoms with Crippen LogP contribution in [0.15, 0.2) is 77.3 Å². The number of nitrogens with one attached hydrogen (secondary N) is 1. The molecule has 0 saturated carbocycles. The second-order valence-electron chi connectivity index (χ2n) is 9.08. The smallest absolute Gasteiger partial charge is 0.261 e. The van der Waals surface area contributed by atoms with E-state index in [-0.39, 0.29) is 24.5 Å². The third kappa shape index (κ3) is 7.96. The van der Waals surface area contributed by atoms with Gasteiger partial charge in [-0.2, -0.15) is 0 Å². The van der Waals surface area contributed by atoms with E-state index in [4.69, 9.17) is 4.74 Å². The zero-order valence-electron chi connectivity index (χ0n) is 20.8. The fourth-order valence-electron chi connectivity index (χ4n) is 3.88. The van der Waals surface area contributed by atoms with Gasteiger partial charge in [0.15, 0.2) is 6.61 Å². The van der Waals surface area contributed by atoms with E-state index in [1.54, 1.807) is 4.90 Å². The summed E-state index contributed by atoms with van der Waals surface area (Å²) in [6.45, 7) is 7.97. The van der Waals surface area contributed by atoms with Crippen LogP contribution >= 0.6 is 15.9 Å². The average molecular weight is 537 g/mol. The van der Waals surface area contributed by atoms with Crippen LogP contribution < -0.4 is 10.1 Å². The lowest BCUT2D eigenvalue weighted by Crippen LogP contribution is -2.52. The van der Waals surface area contributed by atoms with Crippen molar-refractivity contribution in [3.63, 3.8) is 0 Å². The molecule has 35 heavy (non-hydrogen) atoms. The number of rotatable bonds is 10. The maximum atomic E-state index is 13.6. The third-order valence-electron chi connectivity index (χ3n) is 5.63. The Morgan fingerprint density at radius 3 is 2.31 bits per heavy atom. The molecule has 184 valence electrons. The summed E-state index contributed by atoms with van der Waals surface area (Å²) in [4.78, 5) is 28.6. The van der Waals surface area contributed by atoms with Crippen LogP contribution in [0, 0.1) is 13.8 Å². The van der Waals surface area contributed by atoms with E-state index in [0.29, 0.717) is 18.7 Å². The summed E-state index contributed by atoms with van der Waals surface area (Å²) in [5.41, 5.74) is 4.07. The molecule has 0 saturated heterocycles. The molecule has 0 spiro atoms. The molecule has 6 heteroatoms. The van der Waals surface area contributed by atoms with Crippen molar-refractivity contribution in [2.24, 2.45) is 0 Å². The maximum Gasteiger partial charge on any atom is 0.261 e. The first-order valence-corrected chi connectivity index (χ1v) is 12.6. The van der Waals surface area contributed by atoms with Crippen molar-refractivity contribution in [3.05, 3.63) is 99.5 Å². The summed E-state index contributed by atoms with van der Waals surface area (Å²) in [5, 5.41) is 3.00. The SMILES string of the molecule is Cc1cccc(CN(C(=O)COc2ccc(Br)c(C)c2)[C@H](Cc2ccccc2)C(=O)NC(C)C)c1. The number of hydrogen-bond donors (Lipinski definition) is 1. The average Bonchev–Trinajstić information content (AvgIpc) is 2.82. The molecule has 2 amide bonds. The van der Waals surface area contributed by atoms with Gasteiger partial charge in [0, 0.05) is 23.5 Å². The first-order valence-electron chi connectivity index (χ1n) is 11.8. The van der Waals surface area contributed by atoms with Crippen molar-refractivity contribution < 1.29 is 14.3 Å². The summed E-state index contributed by atoms with van der Waals surface area (Å²) < 4.78 is 6.84. The predicted molar refractivity (Wildman–Crippen MR) is 143 cm³/mol. The van der Waals surface area contributed by atoms with Crippen molar-refractivity contribution in [2.75, 3.05) is 6.61 Å². The molecule has 0 heterocycles. The van der Waals surface area contributed by atoms with Gasteiger partial charge in [-0.1, -0.05) is 76.1 Å². The number of amides is 2. The third-order valence-corrected chi connectivity index (χ3v) is 6.52. The molecule has 0 aliphatic rings. The molecule has 0 aliphatic carbocycles. The van der Waals surface area contributed by atoms with Crippen LogP contribution in [0.1, 0.15) is 36.1 Å². The summed E-state index contributed by atoms with van der Waals surface area (Å²) in [5.74, 6) is 0.192. The molecule has 0 fully saturated rings. The molecule has 3 aromatic rings.